The zero-order chi connectivity index (χ0) is 6.43. The van der Waals surface area contributed by atoms with Gasteiger partial charge in [-0.3, -0.25) is 9.69 Å². The molecule has 0 aromatic heterocycles. The summed E-state index contributed by atoms with van der Waals surface area (Å²) in [5.74, 6) is -0.144. The van der Waals surface area contributed by atoms with E-state index in [0.717, 1.165) is 13.0 Å². The Morgan fingerprint density at radius 3 is 2.56 bits per heavy atom. The van der Waals surface area contributed by atoms with Crippen molar-refractivity contribution in [1.82, 2.24) is 4.90 Å². The number of nitrogens with zero attached hydrogens (tertiary/aromatic N) is 1. The van der Waals surface area contributed by atoms with E-state index in [1.165, 1.54) is 6.42 Å². The lowest BCUT2D eigenvalue weighted by Gasteiger charge is -2.05. The van der Waals surface area contributed by atoms with Crippen LogP contribution in [0.4, 0.5) is 0 Å². The first-order valence-corrected chi connectivity index (χ1v) is 3.34. The van der Waals surface area contributed by atoms with E-state index in [9.17, 15) is 4.79 Å². The molecule has 2 heterocycles. The molecule has 2 unspecified atom stereocenters. The summed E-state index contributed by atoms with van der Waals surface area (Å²) in [6, 6.07) is 0.789. The minimum atomic E-state index is -0.144. The number of primary amides is 1. The van der Waals surface area contributed by atoms with E-state index in [-0.39, 0.29) is 11.9 Å². The Balaban J connectivity index is 2.06. The van der Waals surface area contributed by atoms with Gasteiger partial charge in [0.15, 0.2) is 0 Å². The van der Waals surface area contributed by atoms with Crippen LogP contribution in [-0.2, 0) is 4.79 Å². The molecular weight excluding hydrogens is 116 g/mol. The SMILES string of the molecule is NC(=O)C1CC[C@H]2CN12. The Labute approximate surface area is 53.8 Å². The van der Waals surface area contributed by atoms with Crippen molar-refractivity contribution in [2.75, 3.05) is 6.54 Å². The normalized spacial score (nSPS) is 46.4. The van der Waals surface area contributed by atoms with Crippen molar-refractivity contribution in [3.05, 3.63) is 0 Å². The number of rotatable bonds is 1. The zero-order valence-electron chi connectivity index (χ0n) is 5.21. The third kappa shape index (κ3) is 0.645. The summed E-state index contributed by atoms with van der Waals surface area (Å²) in [6.07, 6.45) is 2.16. The van der Waals surface area contributed by atoms with Crippen molar-refractivity contribution >= 4 is 5.91 Å². The highest BCUT2D eigenvalue weighted by Gasteiger charge is 2.47. The quantitative estimate of drug-likeness (QED) is 0.473. The predicted octanol–water partition coefficient (Wildman–Crippen LogP) is -0.682. The van der Waals surface area contributed by atoms with Crippen molar-refractivity contribution in [2.24, 2.45) is 5.73 Å². The van der Waals surface area contributed by atoms with E-state index < -0.39 is 0 Å². The molecule has 2 fully saturated rings. The second kappa shape index (κ2) is 1.48. The molecule has 2 aliphatic rings. The molecule has 0 aromatic rings. The largest absolute Gasteiger partial charge is 0.368 e. The van der Waals surface area contributed by atoms with Gasteiger partial charge < -0.3 is 5.73 Å². The van der Waals surface area contributed by atoms with Crippen LogP contribution in [0, 0.1) is 0 Å². The van der Waals surface area contributed by atoms with Crippen LogP contribution in [0.3, 0.4) is 0 Å². The Morgan fingerprint density at radius 1 is 1.56 bits per heavy atom. The highest BCUT2D eigenvalue weighted by Crippen LogP contribution is 2.34. The van der Waals surface area contributed by atoms with E-state index in [4.69, 9.17) is 5.73 Å². The minimum absolute atomic E-state index is 0.0787. The Bertz CT molecular complexity index is 157. The summed E-state index contributed by atoms with van der Waals surface area (Å²) < 4.78 is 0. The second-order valence-electron chi connectivity index (χ2n) is 2.85. The first kappa shape index (κ1) is 5.23. The number of amides is 1. The van der Waals surface area contributed by atoms with Crippen molar-refractivity contribution < 1.29 is 4.79 Å². The molecule has 0 spiro atoms. The van der Waals surface area contributed by atoms with E-state index in [1.807, 2.05) is 0 Å². The Kier molecular flexibility index (Phi) is 0.858. The van der Waals surface area contributed by atoms with Gasteiger partial charge in [0.25, 0.3) is 0 Å². The van der Waals surface area contributed by atoms with Crippen LogP contribution in [0.25, 0.3) is 0 Å². The monoisotopic (exact) mass is 126 g/mol. The van der Waals surface area contributed by atoms with Crippen LogP contribution in [0.2, 0.25) is 0 Å². The molecule has 2 rings (SSSR count). The number of carbonyl (C=O) groups is 1. The minimum Gasteiger partial charge on any atom is -0.368 e. The van der Waals surface area contributed by atoms with E-state index in [1.54, 1.807) is 0 Å². The summed E-state index contributed by atoms with van der Waals surface area (Å²) in [5, 5.41) is 0. The van der Waals surface area contributed by atoms with Gasteiger partial charge in [-0.2, -0.15) is 0 Å². The van der Waals surface area contributed by atoms with Gasteiger partial charge in [-0.25, -0.2) is 0 Å². The first-order chi connectivity index (χ1) is 4.29. The Morgan fingerprint density at radius 2 is 2.33 bits per heavy atom. The molecule has 2 N–H and O–H groups in total. The van der Waals surface area contributed by atoms with Crippen LogP contribution in [-0.4, -0.2) is 29.4 Å². The Hall–Kier alpha value is -0.570. The smallest absolute Gasteiger partial charge is 0.234 e. The second-order valence-corrected chi connectivity index (χ2v) is 2.85. The van der Waals surface area contributed by atoms with Crippen molar-refractivity contribution in [1.29, 1.82) is 0 Å². The van der Waals surface area contributed by atoms with Crippen LogP contribution < -0.4 is 5.73 Å². The van der Waals surface area contributed by atoms with Gasteiger partial charge in [0.2, 0.25) is 5.91 Å². The summed E-state index contributed by atoms with van der Waals surface area (Å²) in [4.78, 5) is 12.8. The number of fused-ring (bicyclic) bond motifs is 1. The van der Waals surface area contributed by atoms with Crippen molar-refractivity contribution in [3.8, 4) is 0 Å². The average Bonchev–Trinajstić information content (AvgIpc) is 2.43. The molecular formula is C6H10N2O. The fourth-order valence-corrected chi connectivity index (χ4v) is 1.66. The maximum absolute atomic E-state index is 10.6. The standard InChI is InChI=1S/C6H10N2O/c7-6(9)5-2-1-4-3-8(4)5/h4-5H,1-3H2,(H2,7,9)/t4-,5?,8?/m0/s1. The number of nitrogens with two attached hydrogens (primary N) is 1. The van der Waals surface area contributed by atoms with Gasteiger partial charge in [0.05, 0.1) is 6.04 Å². The van der Waals surface area contributed by atoms with Gasteiger partial charge in [-0.15, -0.1) is 0 Å². The molecule has 2 saturated heterocycles. The molecule has 3 nitrogen and oxygen atoms in total. The third-order valence-corrected chi connectivity index (χ3v) is 2.26. The zero-order valence-corrected chi connectivity index (χ0v) is 5.21. The summed E-state index contributed by atoms with van der Waals surface area (Å²) in [7, 11) is 0. The lowest BCUT2D eigenvalue weighted by Crippen LogP contribution is -2.32. The fraction of sp³-hybridized carbons (Fsp3) is 0.833. The van der Waals surface area contributed by atoms with Crippen molar-refractivity contribution in [3.63, 3.8) is 0 Å². The number of carbonyl (C=O) groups excluding carboxylic acids is 1. The highest BCUT2D eigenvalue weighted by molar-refractivity contribution is 5.80. The van der Waals surface area contributed by atoms with Gasteiger partial charge in [-0.05, 0) is 12.8 Å². The summed E-state index contributed by atoms with van der Waals surface area (Å²) >= 11 is 0. The summed E-state index contributed by atoms with van der Waals surface area (Å²) in [5.41, 5.74) is 5.13. The molecule has 0 aliphatic carbocycles. The van der Waals surface area contributed by atoms with E-state index in [2.05, 4.69) is 4.90 Å². The van der Waals surface area contributed by atoms with Crippen LogP contribution in [0.5, 0.6) is 0 Å². The van der Waals surface area contributed by atoms with Crippen LogP contribution >= 0.6 is 0 Å². The number of hydrogen-bond acceptors (Lipinski definition) is 2. The number of piperidine rings is 1. The lowest BCUT2D eigenvalue weighted by atomic mass is 10.2. The topological polar surface area (TPSA) is 46.1 Å². The first-order valence-electron chi connectivity index (χ1n) is 3.34. The summed E-state index contributed by atoms with van der Waals surface area (Å²) in [6.45, 7) is 1.10. The average molecular weight is 126 g/mol. The predicted molar refractivity (Wildman–Crippen MR) is 32.7 cm³/mol. The molecule has 0 aromatic carbocycles. The van der Waals surface area contributed by atoms with Gasteiger partial charge in [-0.1, -0.05) is 0 Å². The van der Waals surface area contributed by atoms with Gasteiger partial charge >= 0.3 is 0 Å². The maximum atomic E-state index is 10.6. The van der Waals surface area contributed by atoms with Crippen LogP contribution in [0.15, 0.2) is 0 Å². The lowest BCUT2D eigenvalue weighted by molar-refractivity contribution is -0.121. The fourth-order valence-electron chi connectivity index (χ4n) is 1.66. The van der Waals surface area contributed by atoms with E-state index in [0.29, 0.717) is 6.04 Å². The van der Waals surface area contributed by atoms with Gasteiger partial charge in [0.1, 0.15) is 0 Å². The molecule has 3 atom stereocenters. The molecule has 0 bridgehead atoms. The number of hydrogen-bond donors (Lipinski definition) is 1. The third-order valence-electron chi connectivity index (χ3n) is 2.26. The molecule has 0 saturated carbocycles. The van der Waals surface area contributed by atoms with Gasteiger partial charge in [0, 0.05) is 12.6 Å². The molecule has 50 valence electrons. The van der Waals surface area contributed by atoms with Crippen LogP contribution in [0.1, 0.15) is 12.8 Å². The molecule has 0 radical (unpaired) electrons. The molecule has 3 heteroatoms. The highest BCUT2D eigenvalue weighted by atomic mass is 16.1. The molecule has 1 amide bonds. The molecule has 9 heavy (non-hydrogen) atoms. The maximum Gasteiger partial charge on any atom is 0.234 e. The van der Waals surface area contributed by atoms with Crippen molar-refractivity contribution in [2.45, 2.75) is 24.9 Å². The molecule has 2 aliphatic heterocycles. The van der Waals surface area contributed by atoms with E-state index >= 15 is 0 Å².